The molecule has 0 atom stereocenters. The molecule has 4 saturated carbocycles. The van der Waals surface area contributed by atoms with Gasteiger partial charge in [-0.05, 0) is 86.3 Å². The predicted octanol–water partition coefficient (Wildman–Crippen LogP) is 8.54. The van der Waals surface area contributed by atoms with E-state index in [1.807, 2.05) is 0 Å². The maximum atomic E-state index is 6.18. The summed E-state index contributed by atoms with van der Waals surface area (Å²) in [5.41, 5.74) is 10.6. The monoisotopic (exact) mass is 508 g/mol. The Morgan fingerprint density at radius 3 is 1.00 bits per heavy atom. The Morgan fingerprint density at radius 1 is 0.441 bits per heavy atom. The molecule has 2 N–H and O–H groups in total. The number of hydrogen-bond donors (Lipinski definition) is 1. The summed E-state index contributed by atoms with van der Waals surface area (Å²) in [5, 5.41) is 0. The lowest BCUT2D eigenvalue weighted by molar-refractivity contribution is 0.314. The average Bonchev–Trinajstić information content (AvgIpc) is 2.91. The molecule has 0 heterocycles. The second-order valence-corrected chi connectivity index (χ2v) is 18.1. The van der Waals surface area contributed by atoms with Crippen LogP contribution in [-0.2, 0) is 0 Å². The van der Waals surface area contributed by atoms with Crippen LogP contribution in [0.5, 0.6) is 0 Å². The van der Waals surface area contributed by atoms with E-state index in [0.717, 1.165) is 35.7 Å². The van der Waals surface area contributed by atoms with Gasteiger partial charge in [-0.15, -0.1) is 0 Å². The van der Waals surface area contributed by atoms with Gasteiger partial charge in [0.15, 0.2) is 0 Å². The second-order valence-electron chi connectivity index (χ2n) is 12.3. The standard InChI is InChI=1S/C30H58N2P2/c31-21-22-32(23-25-33(27-13-5-1-6-14-27)28-15-7-2-8-16-28)24-26-34(29-17-9-3-10-18-29)30-19-11-4-12-20-30/h27-30H,1-26,31H2. The smallest absolute Gasteiger partial charge is 0.0105 e. The molecule has 2 nitrogen and oxygen atoms in total. The number of nitrogens with zero attached hydrogens (tertiary/aromatic N) is 1. The van der Waals surface area contributed by atoms with Crippen LogP contribution in [0.25, 0.3) is 0 Å². The van der Waals surface area contributed by atoms with Gasteiger partial charge in [0.1, 0.15) is 0 Å². The van der Waals surface area contributed by atoms with Crippen LogP contribution in [0.15, 0.2) is 0 Å². The molecule has 0 bridgehead atoms. The van der Waals surface area contributed by atoms with Gasteiger partial charge >= 0.3 is 0 Å². The summed E-state index contributed by atoms with van der Waals surface area (Å²) in [6, 6.07) is 0. The maximum absolute atomic E-state index is 6.18. The van der Waals surface area contributed by atoms with Crippen LogP contribution in [0.3, 0.4) is 0 Å². The van der Waals surface area contributed by atoms with Crippen molar-refractivity contribution in [2.45, 2.75) is 151 Å². The molecular weight excluding hydrogens is 450 g/mol. The third-order valence-electron chi connectivity index (χ3n) is 9.97. The normalized spacial score (nSPS) is 25.1. The molecule has 198 valence electrons. The predicted molar refractivity (Wildman–Crippen MR) is 157 cm³/mol. The summed E-state index contributed by atoms with van der Waals surface area (Å²) in [4.78, 5) is 2.86. The molecule has 34 heavy (non-hydrogen) atoms. The highest BCUT2D eigenvalue weighted by Crippen LogP contribution is 2.57. The summed E-state index contributed by atoms with van der Waals surface area (Å²) in [6.45, 7) is 4.75. The second kappa shape index (κ2) is 15.9. The summed E-state index contributed by atoms with van der Waals surface area (Å²) in [5.74, 6) is 0. The van der Waals surface area contributed by atoms with Gasteiger partial charge in [0.25, 0.3) is 0 Å². The van der Waals surface area contributed by atoms with E-state index in [0.29, 0.717) is 0 Å². The largest absolute Gasteiger partial charge is 0.329 e. The Labute approximate surface area is 215 Å². The summed E-state index contributed by atoms with van der Waals surface area (Å²) in [6.07, 6.45) is 33.8. The van der Waals surface area contributed by atoms with E-state index in [2.05, 4.69) is 4.90 Å². The van der Waals surface area contributed by atoms with Crippen molar-refractivity contribution in [2.75, 3.05) is 38.5 Å². The third kappa shape index (κ3) is 8.67. The zero-order chi connectivity index (χ0) is 23.4. The zero-order valence-electron chi connectivity index (χ0n) is 22.6. The lowest BCUT2D eigenvalue weighted by atomic mass is 9.99. The van der Waals surface area contributed by atoms with E-state index < -0.39 is 0 Å². The first-order valence-electron chi connectivity index (χ1n) is 15.8. The van der Waals surface area contributed by atoms with E-state index in [9.17, 15) is 0 Å². The molecule has 0 aromatic carbocycles. The molecule has 4 rings (SSSR count). The van der Waals surface area contributed by atoms with Crippen LogP contribution in [-0.4, -0.2) is 66.0 Å². The van der Waals surface area contributed by atoms with E-state index in [-0.39, 0.29) is 15.8 Å². The van der Waals surface area contributed by atoms with Crippen LogP contribution in [0, 0.1) is 0 Å². The topological polar surface area (TPSA) is 29.3 Å². The molecule has 0 aromatic heterocycles. The number of rotatable bonds is 12. The van der Waals surface area contributed by atoms with Gasteiger partial charge in [0.05, 0.1) is 0 Å². The Balaban J connectivity index is 1.34. The van der Waals surface area contributed by atoms with Crippen LogP contribution >= 0.6 is 15.8 Å². The highest BCUT2D eigenvalue weighted by molar-refractivity contribution is 7.59. The first-order chi connectivity index (χ1) is 16.8. The Morgan fingerprint density at radius 2 is 0.735 bits per heavy atom. The fraction of sp³-hybridized carbons (Fsp3) is 1.00. The Hall–Kier alpha value is 0.780. The van der Waals surface area contributed by atoms with E-state index in [1.165, 1.54) is 102 Å². The van der Waals surface area contributed by atoms with Crippen molar-refractivity contribution in [2.24, 2.45) is 5.73 Å². The van der Waals surface area contributed by atoms with Gasteiger partial charge in [-0.25, -0.2) is 0 Å². The minimum Gasteiger partial charge on any atom is -0.329 e. The van der Waals surface area contributed by atoms with Crippen LogP contribution in [0.4, 0.5) is 0 Å². The summed E-state index contributed by atoms with van der Waals surface area (Å²) >= 11 is 0. The number of nitrogens with two attached hydrogens (primary N) is 1. The number of hydrogen-bond acceptors (Lipinski definition) is 2. The van der Waals surface area contributed by atoms with Gasteiger partial charge in [0, 0.05) is 26.2 Å². The molecule has 0 aliphatic heterocycles. The zero-order valence-corrected chi connectivity index (χ0v) is 24.4. The van der Waals surface area contributed by atoms with E-state index >= 15 is 0 Å². The van der Waals surface area contributed by atoms with Gasteiger partial charge in [0.2, 0.25) is 0 Å². The highest BCUT2D eigenvalue weighted by atomic mass is 31.1. The molecule has 4 heteroatoms. The van der Waals surface area contributed by atoms with Gasteiger partial charge in [-0.2, -0.15) is 0 Å². The van der Waals surface area contributed by atoms with Crippen molar-refractivity contribution < 1.29 is 0 Å². The summed E-state index contributed by atoms with van der Waals surface area (Å²) < 4.78 is 0. The van der Waals surface area contributed by atoms with Crippen molar-refractivity contribution in [3.63, 3.8) is 0 Å². The molecule has 0 unspecified atom stereocenters. The van der Waals surface area contributed by atoms with Crippen molar-refractivity contribution in [3.8, 4) is 0 Å². The first-order valence-corrected chi connectivity index (χ1v) is 19.1. The van der Waals surface area contributed by atoms with E-state index in [1.54, 1.807) is 51.4 Å². The minimum atomic E-state index is 0.232. The van der Waals surface area contributed by atoms with Crippen molar-refractivity contribution in [3.05, 3.63) is 0 Å². The quantitative estimate of drug-likeness (QED) is 0.268. The Kier molecular flexibility index (Phi) is 13.0. The van der Waals surface area contributed by atoms with Gasteiger partial charge < -0.3 is 10.6 Å². The average molecular weight is 509 g/mol. The SMILES string of the molecule is NCCN(CCP(C1CCCCC1)C1CCCCC1)CCP(C1CCCCC1)C1CCCCC1. The fourth-order valence-corrected chi connectivity index (χ4v) is 15.8. The summed E-state index contributed by atoms with van der Waals surface area (Å²) in [7, 11) is 0.464. The fourth-order valence-electron chi connectivity index (χ4n) is 8.01. The van der Waals surface area contributed by atoms with Gasteiger partial charge in [-0.3, -0.25) is 0 Å². The Bertz CT molecular complexity index is 440. The first kappa shape index (κ1) is 27.8. The molecule has 0 spiro atoms. The molecule has 0 saturated heterocycles. The minimum absolute atomic E-state index is 0.232. The van der Waals surface area contributed by atoms with Crippen LogP contribution in [0.1, 0.15) is 128 Å². The maximum Gasteiger partial charge on any atom is 0.0105 e. The lowest BCUT2D eigenvalue weighted by Crippen LogP contribution is -2.36. The lowest BCUT2D eigenvalue weighted by Gasteiger charge is -2.41. The van der Waals surface area contributed by atoms with Crippen LogP contribution in [0.2, 0.25) is 0 Å². The van der Waals surface area contributed by atoms with Crippen molar-refractivity contribution >= 4 is 15.8 Å². The van der Waals surface area contributed by atoms with E-state index in [4.69, 9.17) is 5.73 Å². The van der Waals surface area contributed by atoms with Crippen molar-refractivity contribution in [1.29, 1.82) is 0 Å². The molecule has 4 aliphatic rings. The highest BCUT2D eigenvalue weighted by Gasteiger charge is 2.33. The molecule has 4 fully saturated rings. The molecule has 0 amide bonds. The van der Waals surface area contributed by atoms with Gasteiger partial charge in [-0.1, -0.05) is 92.9 Å². The molecule has 0 aromatic rings. The molecular formula is C30H58N2P2. The molecule has 0 radical (unpaired) electrons. The van der Waals surface area contributed by atoms with Crippen LogP contribution < -0.4 is 5.73 Å². The van der Waals surface area contributed by atoms with Crippen molar-refractivity contribution in [1.82, 2.24) is 4.90 Å². The molecule has 4 aliphatic carbocycles. The third-order valence-corrected chi connectivity index (χ3v) is 17.2.